The van der Waals surface area contributed by atoms with Gasteiger partial charge in [0.25, 0.3) is 5.91 Å². The van der Waals surface area contributed by atoms with Crippen molar-refractivity contribution in [1.29, 1.82) is 0 Å². The van der Waals surface area contributed by atoms with Crippen LogP contribution in [-0.2, 0) is 0 Å². The number of rotatable bonds is 2. The second-order valence-electron chi connectivity index (χ2n) is 6.38. The van der Waals surface area contributed by atoms with Gasteiger partial charge >= 0.3 is 0 Å². The van der Waals surface area contributed by atoms with Gasteiger partial charge in [-0.25, -0.2) is 0 Å². The molecule has 104 valence electrons. The summed E-state index contributed by atoms with van der Waals surface area (Å²) in [5.74, 6) is 0.0558. The van der Waals surface area contributed by atoms with Crippen molar-refractivity contribution in [3.8, 4) is 0 Å². The number of hydrogen-bond acceptors (Lipinski definition) is 1. The summed E-state index contributed by atoms with van der Waals surface area (Å²) in [6.07, 6.45) is 4.57. The monoisotopic (exact) mass is 323 g/mol. The molecule has 0 radical (unpaired) electrons. The molecule has 0 atom stereocenters. The highest BCUT2D eigenvalue weighted by Gasteiger charge is 2.27. The van der Waals surface area contributed by atoms with E-state index < -0.39 is 0 Å². The van der Waals surface area contributed by atoms with E-state index in [1.807, 2.05) is 25.1 Å². The molecule has 0 heterocycles. The van der Waals surface area contributed by atoms with Gasteiger partial charge in [0.2, 0.25) is 0 Å². The fourth-order valence-corrected chi connectivity index (χ4v) is 2.84. The summed E-state index contributed by atoms with van der Waals surface area (Å²) >= 11 is 3.46. The van der Waals surface area contributed by atoms with Crippen molar-refractivity contribution in [2.75, 3.05) is 0 Å². The lowest BCUT2D eigenvalue weighted by molar-refractivity contribution is 0.0909. The van der Waals surface area contributed by atoms with Crippen molar-refractivity contribution in [2.45, 2.75) is 52.5 Å². The average molecular weight is 324 g/mol. The third-order valence-corrected chi connectivity index (χ3v) is 4.98. The van der Waals surface area contributed by atoms with E-state index in [0.717, 1.165) is 28.4 Å². The molecule has 1 saturated carbocycles. The van der Waals surface area contributed by atoms with Crippen LogP contribution in [0.15, 0.2) is 22.7 Å². The maximum Gasteiger partial charge on any atom is 0.251 e. The van der Waals surface area contributed by atoms with E-state index in [1.165, 1.54) is 12.8 Å². The maximum atomic E-state index is 12.2. The van der Waals surface area contributed by atoms with Gasteiger partial charge in [-0.1, -0.05) is 29.8 Å². The molecule has 0 saturated heterocycles. The Kier molecular flexibility index (Phi) is 4.34. The normalized spacial score (nSPS) is 19.2. The van der Waals surface area contributed by atoms with Crippen LogP contribution < -0.4 is 5.32 Å². The molecule has 1 aliphatic carbocycles. The molecule has 1 fully saturated rings. The average Bonchev–Trinajstić information content (AvgIpc) is 2.35. The molecule has 1 aromatic rings. The minimum absolute atomic E-state index is 0.0558. The zero-order valence-corrected chi connectivity index (χ0v) is 13.5. The minimum Gasteiger partial charge on any atom is -0.349 e. The molecule has 2 rings (SSSR count). The van der Waals surface area contributed by atoms with E-state index >= 15 is 0 Å². The van der Waals surface area contributed by atoms with E-state index in [2.05, 4.69) is 35.1 Å². The summed E-state index contributed by atoms with van der Waals surface area (Å²) in [4.78, 5) is 12.2. The first kappa shape index (κ1) is 14.6. The highest BCUT2D eigenvalue weighted by atomic mass is 79.9. The molecular weight excluding hydrogens is 302 g/mol. The third kappa shape index (κ3) is 3.82. The Labute approximate surface area is 124 Å². The van der Waals surface area contributed by atoms with Crippen LogP contribution in [-0.4, -0.2) is 11.9 Å². The number of benzene rings is 1. The Morgan fingerprint density at radius 1 is 1.32 bits per heavy atom. The molecule has 0 bridgehead atoms. The zero-order valence-electron chi connectivity index (χ0n) is 11.9. The van der Waals surface area contributed by atoms with Gasteiger partial charge in [0.15, 0.2) is 0 Å². The van der Waals surface area contributed by atoms with Gasteiger partial charge in [-0.05, 0) is 61.8 Å². The summed E-state index contributed by atoms with van der Waals surface area (Å²) in [7, 11) is 0. The number of carbonyl (C=O) groups excluding carboxylic acids is 1. The van der Waals surface area contributed by atoms with Crippen LogP contribution in [0.25, 0.3) is 0 Å². The quantitative estimate of drug-likeness (QED) is 0.855. The van der Waals surface area contributed by atoms with Crippen LogP contribution in [0.2, 0.25) is 0 Å². The molecule has 0 aliphatic heterocycles. The molecule has 1 aromatic carbocycles. The van der Waals surface area contributed by atoms with Crippen LogP contribution in [0.1, 0.15) is 55.5 Å². The number of nitrogens with one attached hydrogen (secondary N) is 1. The van der Waals surface area contributed by atoms with Gasteiger partial charge < -0.3 is 5.32 Å². The van der Waals surface area contributed by atoms with Crippen LogP contribution >= 0.6 is 15.9 Å². The number of halogens is 1. The highest BCUT2D eigenvalue weighted by molar-refractivity contribution is 9.10. The first-order valence-corrected chi connectivity index (χ1v) is 7.74. The molecule has 1 aliphatic rings. The van der Waals surface area contributed by atoms with E-state index in [9.17, 15) is 4.79 Å². The zero-order chi connectivity index (χ0) is 14.0. The molecular formula is C16H22BrNO. The van der Waals surface area contributed by atoms with E-state index in [-0.39, 0.29) is 5.91 Å². The number of carbonyl (C=O) groups is 1. The first-order chi connectivity index (χ1) is 8.87. The van der Waals surface area contributed by atoms with Crippen molar-refractivity contribution in [3.05, 3.63) is 33.8 Å². The summed E-state index contributed by atoms with van der Waals surface area (Å²) in [5, 5.41) is 3.17. The van der Waals surface area contributed by atoms with Crippen molar-refractivity contribution in [1.82, 2.24) is 5.32 Å². The van der Waals surface area contributed by atoms with Crippen molar-refractivity contribution >= 4 is 21.8 Å². The van der Waals surface area contributed by atoms with Gasteiger partial charge in [0.1, 0.15) is 0 Å². The van der Waals surface area contributed by atoms with Gasteiger partial charge in [0.05, 0.1) is 0 Å². The Morgan fingerprint density at radius 3 is 2.53 bits per heavy atom. The van der Waals surface area contributed by atoms with Crippen molar-refractivity contribution in [2.24, 2.45) is 5.41 Å². The summed E-state index contributed by atoms with van der Waals surface area (Å²) in [6.45, 7) is 6.62. The number of hydrogen-bond donors (Lipinski definition) is 1. The van der Waals surface area contributed by atoms with Crippen LogP contribution in [0, 0.1) is 12.3 Å². The van der Waals surface area contributed by atoms with Gasteiger partial charge in [0, 0.05) is 16.1 Å². The maximum absolute atomic E-state index is 12.2. The van der Waals surface area contributed by atoms with E-state index in [4.69, 9.17) is 0 Å². The second-order valence-corrected chi connectivity index (χ2v) is 7.23. The topological polar surface area (TPSA) is 29.1 Å². The summed E-state index contributed by atoms with van der Waals surface area (Å²) < 4.78 is 1.04. The van der Waals surface area contributed by atoms with Gasteiger partial charge in [-0.2, -0.15) is 0 Å². The van der Waals surface area contributed by atoms with E-state index in [1.54, 1.807) is 0 Å². The summed E-state index contributed by atoms with van der Waals surface area (Å²) in [6, 6.07) is 6.09. The second kappa shape index (κ2) is 5.66. The van der Waals surface area contributed by atoms with Crippen molar-refractivity contribution in [3.63, 3.8) is 0 Å². The number of aryl methyl sites for hydroxylation is 1. The molecule has 19 heavy (non-hydrogen) atoms. The van der Waals surface area contributed by atoms with Crippen LogP contribution in [0.3, 0.4) is 0 Å². The Morgan fingerprint density at radius 2 is 1.95 bits per heavy atom. The van der Waals surface area contributed by atoms with E-state index in [0.29, 0.717) is 11.5 Å². The lowest BCUT2D eigenvalue weighted by atomic mass is 9.75. The minimum atomic E-state index is 0.0558. The van der Waals surface area contributed by atoms with Crippen molar-refractivity contribution < 1.29 is 4.79 Å². The van der Waals surface area contributed by atoms with Crippen LogP contribution in [0.4, 0.5) is 0 Å². The predicted octanol–water partition coefficient (Wildman–Crippen LogP) is 4.46. The summed E-state index contributed by atoms with van der Waals surface area (Å²) in [5.41, 5.74) is 2.29. The third-order valence-electron chi connectivity index (χ3n) is 4.09. The molecule has 3 heteroatoms. The van der Waals surface area contributed by atoms with Gasteiger partial charge in [-0.3, -0.25) is 4.79 Å². The molecule has 0 aromatic heterocycles. The fourth-order valence-electron chi connectivity index (χ4n) is 2.60. The number of amides is 1. The van der Waals surface area contributed by atoms with Gasteiger partial charge in [-0.15, -0.1) is 0 Å². The molecule has 1 N–H and O–H groups in total. The molecule has 0 unspecified atom stereocenters. The SMILES string of the molecule is Cc1cc(C(=O)NC2CCC(C)(C)CC2)ccc1Br. The lowest BCUT2D eigenvalue weighted by Gasteiger charge is -2.34. The standard InChI is InChI=1S/C16H22BrNO/c1-11-10-12(4-5-14(11)17)15(19)18-13-6-8-16(2,3)9-7-13/h4-5,10,13H,6-9H2,1-3H3,(H,18,19). The smallest absolute Gasteiger partial charge is 0.251 e. The molecule has 0 spiro atoms. The molecule has 2 nitrogen and oxygen atoms in total. The largest absolute Gasteiger partial charge is 0.349 e. The fraction of sp³-hybridized carbons (Fsp3) is 0.562. The highest BCUT2D eigenvalue weighted by Crippen LogP contribution is 2.35. The predicted molar refractivity (Wildman–Crippen MR) is 82.4 cm³/mol. The Bertz CT molecular complexity index is 472. The Balaban J connectivity index is 1.96. The van der Waals surface area contributed by atoms with Crippen LogP contribution in [0.5, 0.6) is 0 Å². The first-order valence-electron chi connectivity index (χ1n) is 6.94. The molecule has 1 amide bonds. The Hall–Kier alpha value is -0.830. The lowest BCUT2D eigenvalue weighted by Crippen LogP contribution is -2.39.